The number of benzene rings is 2. The fraction of sp³-hybridized carbons (Fsp3) is 0.250. The number of aryl methyl sites for hydroxylation is 1. The molecule has 1 unspecified atom stereocenters. The molecule has 2 rings (SSSR count). The summed E-state index contributed by atoms with van der Waals surface area (Å²) in [6.07, 6.45) is 0. The van der Waals surface area contributed by atoms with Gasteiger partial charge in [-0.05, 0) is 18.6 Å². The third-order valence-electron chi connectivity index (χ3n) is 3.15. The minimum absolute atomic E-state index is 0.349. The first-order chi connectivity index (χ1) is 9.56. The van der Waals surface area contributed by atoms with E-state index in [1.807, 2.05) is 31.2 Å². The maximum Gasteiger partial charge on any atom is 0.163 e. The SMILES string of the molecule is COc1cc(F)c(C(Cl)c2ccc(C)cc2)cc1OC. The summed E-state index contributed by atoms with van der Waals surface area (Å²) in [6.45, 7) is 1.99. The molecular formula is C16H16ClFO2. The predicted octanol–water partition coefficient (Wildman–Crippen LogP) is 4.48. The molecule has 106 valence electrons. The lowest BCUT2D eigenvalue weighted by Crippen LogP contribution is -2.00. The van der Waals surface area contributed by atoms with Crippen molar-refractivity contribution in [1.29, 1.82) is 0 Å². The van der Waals surface area contributed by atoms with Gasteiger partial charge < -0.3 is 9.47 Å². The number of alkyl halides is 1. The summed E-state index contributed by atoms with van der Waals surface area (Å²) >= 11 is 6.38. The predicted molar refractivity (Wildman–Crippen MR) is 78.4 cm³/mol. The highest BCUT2D eigenvalue weighted by molar-refractivity contribution is 6.22. The molecule has 0 amide bonds. The normalized spacial score (nSPS) is 12.1. The van der Waals surface area contributed by atoms with Gasteiger partial charge in [-0.2, -0.15) is 0 Å². The van der Waals surface area contributed by atoms with Gasteiger partial charge in [0.05, 0.1) is 19.6 Å². The van der Waals surface area contributed by atoms with Crippen LogP contribution in [0, 0.1) is 12.7 Å². The summed E-state index contributed by atoms with van der Waals surface area (Å²) in [5.41, 5.74) is 2.34. The zero-order valence-corrected chi connectivity index (χ0v) is 12.4. The second-order valence-electron chi connectivity index (χ2n) is 4.50. The number of hydrogen-bond donors (Lipinski definition) is 0. The van der Waals surface area contributed by atoms with Gasteiger partial charge in [0.1, 0.15) is 5.82 Å². The molecule has 2 aromatic carbocycles. The smallest absolute Gasteiger partial charge is 0.163 e. The fourth-order valence-corrected chi connectivity index (χ4v) is 2.29. The maximum absolute atomic E-state index is 14.1. The van der Waals surface area contributed by atoms with Gasteiger partial charge in [-0.1, -0.05) is 29.8 Å². The van der Waals surface area contributed by atoms with Crippen molar-refractivity contribution in [2.45, 2.75) is 12.3 Å². The molecule has 0 aliphatic carbocycles. The fourth-order valence-electron chi connectivity index (χ4n) is 1.98. The van der Waals surface area contributed by atoms with Crippen LogP contribution in [0.2, 0.25) is 0 Å². The van der Waals surface area contributed by atoms with Crippen LogP contribution in [0.15, 0.2) is 36.4 Å². The Morgan fingerprint density at radius 2 is 1.55 bits per heavy atom. The first-order valence-electron chi connectivity index (χ1n) is 6.19. The van der Waals surface area contributed by atoms with E-state index in [9.17, 15) is 4.39 Å². The van der Waals surface area contributed by atoms with Gasteiger partial charge in [0.15, 0.2) is 11.5 Å². The van der Waals surface area contributed by atoms with Crippen LogP contribution in [0.25, 0.3) is 0 Å². The maximum atomic E-state index is 14.1. The van der Waals surface area contributed by atoms with Crippen LogP contribution in [-0.4, -0.2) is 14.2 Å². The summed E-state index contributed by atoms with van der Waals surface area (Å²) in [4.78, 5) is 0. The van der Waals surface area contributed by atoms with Crippen molar-refractivity contribution in [2.75, 3.05) is 14.2 Å². The van der Waals surface area contributed by atoms with E-state index in [-0.39, 0.29) is 0 Å². The summed E-state index contributed by atoms with van der Waals surface area (Å²) in [7, 11) is 2.98. The van der Waals surface area contributed by atoms with Crippen LogP contribution >= 0.6 is 11.6 Å². The van der Waals surface area contributed by atoms with E-state index in [4.69, 9.17) is 21.1 Å². The molecule has 0 fully saturated rings. The van der Waals surface area contributed by atoms with Gasteiger partial charge in [0.2, 0.25) is 0 Å². The number of ether oxygens (including phenoxy) is 2. The van der Waals surface area contributed by atoms with Crippen LogP contribution in [-0.2, 0) is 0 Å². The molecule has 0 aliphatic heterocycles. The van der Waals surface area contributed by atoms with Crippen molar-refractivity contribution in [1.82, 2.24) is 0 Å². The van der Waals surface area contributed by atoms with Crippen molar-refractivity contribution in [3.05, 3.63) is 58.9 Å². The van der Waals surface area contributed by atoms with E-state index < -0.39 is 11.2 Å². The van der Waals surface area contributed by atoms with Crippen LogP contribution in [0.4, 0.5) is 4.39 Å². The summed E-state index contributed by atoms with van der Waals surface area (Å²) in [6, 6.07) is 10.5. The molecule has 0 N–H and O–H groups in total. The number of methoxy groups -OCH3 is 2. The number of rotatable bonds is 4. The minimum atomic E-state index is -0.574. The topological polar surface area (TPSA) is 18.5 Å². The van der Waals surface area contributed by atoms with Crippen molar-refractivity contribution < 1.29 is 13.9 Å². The highest BCUT2D eigenvalue weighted by Gasteiger charge is 2.19. The number of hydrogen-bond acceptors (Lipinski definition) is 2. The molecule has 0 aromatic heterocycles. The van der Waals surface area contributed by atoms with Crippen molar-refractivity contribution in [3.63, 3.8) is 0 Å². The Labute approximate surface area is 123 Å². The van der Waals surface area contributed by atoms with E-state index >= 15 is 0 Å². The molecule has 0 bridgehead atoms. The van der Waals surface area contributed by atoms with E-state index in [0.29, 0.717) is 17.1 Å². The summed E-state index contributed by atoms with van der Waals surface area (Å²) in [5.74, 6) is 0.395. The van der Waals surface area contributed by atoms with Gasteiger partial charge in [0, 0.05) is 11.6 Å². The third kappa shape index (κ3) is 2.88. The van der Waals surface area contributed by atoms with Crippen LogP contribution in [0.5, 0.6) is 11.5 Å². The van der Waals surface area contributed by atoms with Crippen LogP contribution in [0.3, 0.4) is 0 Å². The molecule has 0 radical (unpaired) electrons. The molecule has 1 atom stereocenters. The summed E-state index contributed by atoms with van der Waals surface area (Å²) in [5, 5.41) is -0.574. The Hall–Kier alpha value is -1.74. The molecule has 0 heterocycles. The first-order valence-corrected chi connectivity index (χ1v) is 6.62. The molecule has 0 saturated heterocycles. The standard InChI is InChI=1S/C16H16ClFO2/c1-10-4-6-11(7-5-10)16(17)12-8-14(19-2)15(20-3)9-13(12)18/h4-9,16H,1-3H3. The minimum Gasteiger partial charge on any atom is -0.493 e. The molecule has 0 aliphatic rings. The lowest BCUT2D eigenvalue weighted by Gasteiger charge is -2.15. The molecule has 2 aromatic rings. The largest absolute Gasteiger partial charge is 0.493 e. The molecule has 20 heavy (non-hydrogen) atoms. The Bertz CT molecular complexity index is 596. The van der Waals surface area contributed by atoms with Gasteiger partial charge in [-0.25, -0.2) is 4.39 Å². The monoisotopic (exact) mass is 294 g/mol. The Morgan fingerprint density at radius 3 is 2.10 bits per heavy atom. The average Bonchev–Trinajstić information content (AvgIpc) is 2.47. The zero-order valence-electron chi connectivity index (χ0n) is 11.6. The molecule has 0 spiro atoms. The first kappa shape index (κ1) is 14.7. The zero-order chi connectivity index (χ0) is 14.7. The van der Waals surface area contributed by atoms with Gasteiger partial charge in [0.25, 0.3) is 0 Å². The lowest BCUT2D eigenvalue weighted by molar-refractivity contribution is 0.351. The van der Waals surface area contributed by atoms with E-state index in [1.165, 1.54) is 20.3 Å². The van der Waals surface area contributed by atoms with E-state index in [1.54, 1.807) is 6.07 Å². The third-order valence-corrected chi connectivity index (χ3v) is 3.63. The Morgan fingerprint density at radius 1 is 1.00 bits per heavy atom. The summed E-state index contributed by atoms with van der Waals surface area (Å²) < 4.78 is 24.4. The molecule has 4 heteroatoms. The molecular weight excluding hydrogens is 279 g/mol. The average molecular weight is 295 g/mol. The van der Waals surface area contributed by atoms with Crippen molar-refractivity contribution >= 4 is 11.6 Å². The second-order valence-corrected chi connectivity index (χ2v) is 4.94. The van der Waals surface area contributed by atoms with Crippen molar-refractivity contribution in [3.8, 4) is 11.5 Å². The van der Waals surface area contributed by atoms with Gasteiger partial charge >= 0.3 is 0 Å². The van der Waals surface area contributed by atoms with Crippen LogP contribution in [0.1, 0.15) is 22.1 Å². The second kappa shape index (κ2) is 6.14. The molecule has 2 nitrogen and oxygen atoms in total. The highest BCUT2D eigenvalue weighted by atomic mass is 35.5. The lowest BCUT2D eigenvalue weighted by atomic mass is 10.0. The quantitative estimate of drug-likeness (QED) is 0.774. The van der Waals surface area contributed by atoms with Crippen LogP contribution < -0.4 is 9.47 Å². The van der Waals surface area contributed by atoms with Gasteiger partial charge in [-0.15, -0.1) is 11.6 Å². The highest BCUT2D eigenvalue weighted by Crippen LogP contribution is 2.37. The van der Waals surface area contributed by atoms with E-state index in [2.05, 4.69) is 0 Å². The van der Waals surface area contributed by atoms with Crippen molar-refractivity contribution in [2.24, 2.45) is 0 Å². The van der Waals surface area contributed by atoms with E-state index in [0.717, 1.165) is 11.1 Å². The van der Waals surface area contributed by atoms with Gasteiger partial charge in [-0.3, -0.25) is 0 Å². The molecule has 0 saturated carbocycles. The Balaban J connectivity index is 2.43. The number of halogens is 2. The Kier molecular flexibility index (Phi) is 4.50.